The highest BCUT2D eigenvalue weighted by Crippen LogP contribution is 2.17. The van der Waals surface area contributed by atoms with Gasteiger partial charge in [-0.25, -0.2) is 9.37 Å². The zero-order valence-electron chi connectivity index (χ0n) is 10.7. The molecule has 3 rings (SSSR count). The third kappa shape index (κ3) is 2.42. The van der Waals surface area contributed by atoms with Crippen molar-refractivity contribution in [2.45, 2.75) is 13.5 Å². The minimum atomic E-state index is -0.298. The minimum Gasteiger partial charge on any atom is -0.378 e. The van der Waals surface area contributed by atoms with E-state index in [1.165, 1.54) is 23.5 Å². The van der Waals surface area contributed by atoms with E-state index in [9.17, 15) is 9.18 Å². The number of nitrogens with zero attached hydrogens (tertiary/aromatic N) is 1. The number of anilines is 1. The molecule has 2 aromatic heterocycles. The zero-order valence-corrected chi connectivity index (χ0v) is 11.6. The third-order valence-corrected chi connectivity index (χ3v) is 3.91. The highest BCUT2D eigenvalue weighted by molar-refractivity contribution is 7.17. The normalized spacial score (nSPS) is 10.9. The molecule has 3 aromatic rings. The van der Waals surface area contributed by atoms with Crippen molar-refractivity contribution in [1.29, 1.82) is 0 Å². The lowest BCUT2D eigenvalue weighted by Crippen LogP contribution is -2.13. The maximum atomic E-state index is 13.2. The minimum absolute atomic E-state index is 0.141. The number of benzene rings is 1. The Morgan fingerprint density at radius 2 is 2.25 bits per heavy atom. The van der Waals surface area contributed by atoms with E-state index in [1.54, 1.807) is 6.07 Å². The SMILES string of the molecule is Cc1ccc(F)cc1NCc1nc2ccsc2c(=O)[nH]1. The van der Waals surface area contributed by atoms with Crippen LogP contribution in [0.3, 0.4) is 0 Å². The molecule has 0 radical (unpaired) electrons. The first-order chi connectivity index (χ1) is 9.63. The summed E-state index contributed by atoms with van der Waals surface area (Å²) >= 11 is 1.37. The second-order valence-electron chi connectivity index (χ2n) is 4.46. The topological polar surface area (TPSA) is 57.8 Å². The molecule has 6 heteroatoms. The Hall–Kier alpha value is -2.21. The molecular formula is C14H12FN3OS. The number of aromatic nitrogens is 2. The van der Waals surface area contributed by atoms with Crippen LogP contribution in [0.1, 0.15) is 11.4 Å². The second kappa shape index (κ2) is 5.05. The van der Waals surface area contributed by atoms with Crippen molar-refractivity contribution in [3.05, 3.63) is 57.2 Å². The smallest absolute Gasteiger partial charge is 0.268 e. The van der Waals surface area contributed by atoms with Crippen molar-refractivity contribution in [1.82, 2.24) is 9.97 Å². The number of rotatable bonds is 3. The molecule has 0 bridgehead atoms. The predicted molar refractivity (Wildman–Crippen MR) is 78.7 cm³/mol. The van der Waals surface area contributed by atoms with Crippen molar-refractivity contribution in [2.24, 2.45) is 0 Å². The van der Waals surface area contributed by atoms with Crippen LogP contribution in [-0.2, 0) is 6.54 Å². The third-order valence-electron chi connectivity index (χ3n) is 3.01. The van der Waals surface area contributed by atoms with Gasteiger partial charge in [-0.1, -0.05) is 6.07 Å². The molecule has 0 atom stereocenters. The maximum Gasteiger partial charge on any atom is 0.268 e. The van der Waals surface area contributed by atoms with Crippen LogP contribution in [0.2, 0.25) is 0 Å². The van der Waals surface area contributed by atoms with Gasteiger partial charge in [0, 0.05) is 5.69 Å². The molecule has 4 nitrogen and oxygen atoms in total. The van der Waals surface area contributed by atoms with E-state index < -0.39 is 0 Å². The Morgan fingerprint density at radius 1 is 1.40 bits per heavy atom. The summed E-state index contributed by atoms with van der Waals surface area (Å²) in [4.78, 5) is 18.9. The maximum absolute atomic E-state index is 13.2. The molecule has 102 valence electrons. The van der Waals surface area contributed by atoms with Crippen molar-refractivity contribution in [2.75, 3.05) is 5.32 Å². The van der Waals surface area contributed by atoms with Crippen molar-refractivity contribution < 1.29 is 4.39 Å². The van der Waals surface area contributed by atoms with E-state index >= 15 is 0 Å². The quantitative estimate of drug-likeness (QED) is 0.779. The van der Waals surface area contributed by atoms with Crippen LogP contribution in [0, 0.1) is 12.7 Å². The summed E-state index contributed by atoms with van der Waals surface area (Å²) in [7, 11) is 0. The molecule has 0 unspecified atom stereocenters. The first kappa shape index (κ1) is 12.8. The van der Waals surface area contributed by atoms with Gasteiger partial charge < -0.3 is 10.3 Å². The van der Waals surface area contributed by atoms with Gasteiger partial charge in [-0.05, 0) is 36.1 Å². The van der Waals surface area contributed by atoms with Crippen LogP contribution in [0.4, 0.5) is 10.1 Å². The Bertz CT molecular complexity index is 825. The van der Waals surface area contributed by atoms with E-state index in [1.807, 2.05) is 18.4 Å². The van der Waals surface area contributed by atoms with Crippen molar-refractivity contribution >= 4 is 27.2 Å². The van der Waals surface area contributed by atoms with Crippen LogP contribution in [0.5, 0.6) is 0 Å². The second-order valence-corrected chi connectivity index (χ2v) is 5.38. The van der Waals surface area contributed by atoms with Gasteiger partial charge in [-0.3, -0.25) is 4.79 Å². The van der Waals surface area contributed by atoms with Crippen LogP contribution in [0.15, 0.2) is 34.4 Å². The molecule has 0 fully saturated rings. The van der Waals surface area contributed by atoms with Gasteiger partial charge in [0.05, 0.1) is 12.1 Å². The van der Waals surface area contributed by atoms with Crippen LogP contribution < -0.4 is 10.9 Å². The predicted octanol–water partition coefficient (Wildman–Crippen LogP) is 3.04. The molecule has 0 aliphatic carbocycles. The average Bonchev–Trinajstić information content (AvgIpc) is 2.89. The number of halogens is 1. The number of hydrogen-bond acceptors (Lipinski definition) is 4. The monoisotopic (exact) mass is 289 g/mol. The summed E-state index contributed by atoms with van der Waals surface area (Å²) < 4.78 is 13.8. The number of nitrogens with one attached hydrogen (secondary N) is 2. The van der Waals surface area contributed by atoms with Crippen LogP contribution >= 0.6 is 11.3 Å². The fourth-order valence-electron chi connectivity index (χ4n) is 1.97. The lowest BCUT2D eigenvalue weighted by Gasteiger charge is -2.09. The molecular weight excluding hydrogens is 277 g/mol. The van der Waals surface area contributed by atoms with Crippen molar-refractivity contribution in [3.8, 4) is 0 Å². The van der Waals surface area contributed by atoms with Gasteiger partial charge in [-0.2, -0.15) is 0 Å². The van der Waals surface area contributed by atoms with Gasteiger partial charge in [0.2, 0.25) is 0 Å². The average molecular weight is 289 g/mol. The first-order valence-electron chi connectivity index (χ1n) is 6.10. The zero-order chi connectivity index (χ0) is 14.1. The Kier molecular flexibility index (Phi) is 3.23. The highest BCUT2D eigenvalue weighted by atomic mass is 32.1. The number of H-pyrrole nitrogens is 1. The van der Waals surface area contributed by atoms with E-state index in [0.717, 1.165) is 5.56 Å². The lowest BCUT2D eigenvalue weighted by molar-refractivity contribution is 0.627. The molecule has 2 N–H and O–H groups in total. The molecule has 0 aliphatic rings. The summed E-state index contributed by atoms with van der Waals surface area (Å²) in [6.45, 7) is 2.23. The number of fused-ring (bicyclic) bond motifs is 1. The Labute approximate surface area is 118 Å². The number of thiophene rings is 1. The van der Waals surface area contributed by atoms with Crippen LogP contribution in [0.25, 0.3) is 10.2 Å². The molecule has 0 saturated heterocycles. The summed E-state index contributed by atoms with van der Waals surface area (Å²) in [5.74, 6) is 0.234. The van der Waals surface area contributed by atoms with Gasteiger partial charge >= 0.3 is 0 Å². The fourth-order valence-corrected chi connectivity index (χ4v) is 2.69. The van der Waals surface area contributed by atoms with Gasteiger partial charge in [-0.15, -0.1) is 11.3 Å². The number of aryl methyl sites for hydroxylation is 1. The Morgan fingerprint density at radius 3 is 3.10 bits per heavy atom. The summed E-state index contributed by atoms with van der Waals surface area (Å²) in [5, 5.41) is 4.92. The van der Waals surface area contributed by atoms with Crippen molar-refractivity contribution in [3.63, 3.8) is 0 Å². The van der Waals surface area contributed by atoms with E-state index in [0.29, 0.717) is 28.3 Å². The summed E-state index contributed by atoms with van der Waals surface area (Å²) in [5.41, 5.74) is 2.17. The highest BCUT2D eigenvalue weighted by Gasteiger charge is 2.06. The number of hydrogen-bond donors (Lipinski definition) is 2. The lowest BCUT2D eigenvalue weighted by atomic mass is 10.2. The van der Waals surface area contributed by atoms with Gasteiger partial charge in [0.15, 0.2) is 0 Å². The van der Waals surface area contributed by atoms with E-state index in [4.69, 9.17) is 0 Å². The molecule has 1 aromatic carbocycles. The Balaban J connectivity index is 1.86. The molecule has 0 spiro atoms. The summed E-state index contributed by atoms with van der Waals surface area (Å²) in [6.07, 6.45) is 0. The van der Waals surface area contributed by atoms with E-state index in [-0.39, 0.29) is 11.4 Å². The molecule has 0 aliphatic heterocycles. The summed E-state index contributed by atoms with van der Waals surface area (Å²) in [6, 6.07) is 6.36. The molecule has 0 amide bonds. The molecule has 0 saturated carbocycles. The number of aromatic amines is 1. The first-order valence-corrected chi connectivity index (χ1v) is 6.98. The standard InChI is InChI=1S/C14H12FN3OS/c1-8-2-3-9(15)6-11(8)16-7-12-17-10-4-5-20-13(10)14(19)18-12/h2-6,16H,7H2,1H3,(H,17,18,19). The molecule has 20 heavy (non-hydrogen) atoms. The van der Waals surface area contributed by atoms with E-state index in [2.05, 4.69) is 15.3 Å². The molecule has 2 heterocycles. The van der Waals surface area contributed by atoms with Gasteiger partial charge in [0.25, 0.3) is 5.56 Å². The van der Waals surface area contributed by atoms with Gasteiger partial charge in [0.1, 0.15) is 16.3 Å². The fraction of sp³-hybridized carbons (Fsp3) is 0.143. The largest absolute Gasteiger partial charge is 0.378 e. The van der Waals surface area contributed by atoms with Crippen LogP contribution in [-0.4, -0.2) is 9.97 Å².